The number of carboxylic acid groups (broad SMARTS) is 1. The number of aryl methyl sites for hydroxylation is 2. The Kier molecular flexibility index (Phi) is 2.60. The van der Waals surface area contributed by atoms with E-state index in [-0.39, 0.29) is 0 Å². The molecule has 0 amide bonds. The molecule has 0 aliphatic rings. The van der Waals surface area contributed by atoms with Gasteiger partial charge in [-0.3, -0.25) is 4.79 Å². The Morgan fingerprint density at radius 2 is 1.85 bits per heavy atom. The van der Waals surface area contributed by atoms with Gasteiger partial charge >= 0.3 is 5.97 Å². The van der Waals surface area contributed by atoms with Crippen molar-refractivity contribution in [2.24, 2.45) is 0 Å². The van der Waals surface area contributed by atoms with Crippen molar-refractivity contribution in [3.05, 3.63) is 23.3 Å². The Morgan fingerprint density at radius 1 is 1.38 bits per heavy atom. The normalized spacial score (nSPS) is 12.5. The third kappa shape index (κ3) is 2.24. The maximum atomic E-state index is 10.6. The summed E-state index contributed by atoms with van der Waals surface area (Å²) in [5, 5.41) is 8.74. The third-order valence-corrected chi connectivity index (χ3v) is 1.76. The maximum absolute atomic E-state index is 10.6. The van der Waals surface area contributed by atoms with E-state index >= 15 is 0 Å². The molecule has 1 aromatic heterocycles. The summed E-state index contributed by atoms with van der Waals surface area (Å²) < 4.78 is 0. The van der Waals surface area contributed by atoms with Crippen LogP contribution in [0.2, 0.25) is 0 Å². The minimum absolute atomic E-state index is 0.380. The second kappa shape index (κ2) is 3.51. The molecule has 13 heavy (non-hydrogen) atoms. The van der Waals surface area contributed by atoms with Gasteiger partial charge in [0.05, 0.1) is 0 Å². The van der Waals surface area contributed by atoms with E-state index in [1.54, 1.807) is 6.92 Å². The smallest absolute Gasteiger partial charge is 0.313 e. The predicted octanol–water partition coefficient (Wildman–Crippen LogP) is 1.28. The molecule has 1 N–H and O–H groups in total. The van der Waals surface area contributed by atoms with Gasteiger partial charge in [-0.1, -0.05) is 0 Å². The summed E-state index contributed by atoms with van der Waals surface area (Å²) in [4.78, 5) is 18.8. The molecule has 0 bridgehead atoms. The summed E-state index contributed by atoms with van der Waals surface area (Å²) >= 11 is 0. The van der Waals surface area contributed by atoms with Crippen molar-refractivity contribution >= 4 is 5.97 Å². The fourth-order valence-corrected chi connectivity index (χ4v) is 1.06. The number of carbonyl (C=O) groups is 1. The van der Waals surface area contributed by atoms with Crippen molar-refractivity contribution in [2.45, 2.75) is 26.7 Å². The van der Waals surface area contributed by atoms with Crippen molar-refractivity contribution in [1.29, 1.82) is 0 Å². The molecule has 4 heteroatoms. The molecule has 1 rings (SSSR count). The van der Waals surface area contributed by atoms with Crippen molar-refractivity contribution in [1.82, 2.24) is 9.97 Å². The van der Waals surface area contributed by atoms with Gasteiger partial charge in [0.1, 0.15) is 11.7 Å². The number of carboxylic acids is 1. The van der Waals surface area contributed by atoms with Gasteiger partial charge in [-0.2, -0.15) is 0 Å². The van der Waals surface area contributed by atoms with E-state index in [0.717, 1.165) is 11.4 Å². The minimum atomic E-state index is -0.898. The number of hydrogen-bond acceptors (Lipinski definition) is 3. The van der Waals surface area contributed by atoms with Crippen LogP contribution in [0.3, 0.4) is 0 Å². The Labute approximate surface area is 76.7 Å². The standard InChI is InChI=1S/C9H12N2O2/c1-5-4-6(2)11-8(10-5)7(3)9(12)13/h4,7H,1-3H3,(H,12,13). The Balaban J connectivity index is 3.07. The molecule has 0 fully saturated rings. The first-order valence-corrected chi connectivity index (χ1v) is 4.05. The monoisotopic (exact) mass is 180 g/mol. The molecule has 70 valence electrons. The van der Waals surface area contributed by atoms with Crippen LogP contribution in [0.25, 0.3) is 0 Å². The molecule has 4 nitrogen and oxygen atoms in total. The van der Waals surface area contributed by atoms with Gasteiger partial charge in [-0.05, 0) is 26.8 Å². The van der Waals surface area contributed by atoms with E-state index < -0.39 is 11.9 Å². The number of nitrogens with zero attached hydrogens (tertiary/aromatic N) is 2. The van der Waals surface area contributed by atoms with Gasteiger partial charge in [0.2, 0.25) is 0 Å². The maximum Gasteiger partial charge on any atom is 0.313 e. The molecule has 0 aliphatic carbocycles. The van der Waals surface area contributed by atoms with Crippen molar-refractivity contribution in [3.63, 3.8) is 0 Å². The number of hydrogen-bond donors (Lipinski definition) is 1. The Bertz CT molecular complexity index is 316. The molecule has 0 spiro atoms. The van der Waals surface area contributed by atoms with Gasteiger partial charge < -0.3 is 5.11 Å². The summed E-state index contributed by atoms with van der Waals surface area (Å²) in [6.45, 7) is 5.23. The summed E-state index contributed by atoms with van der Waals surface area (Å²) in [6.07, 6.45) is 0. The molecular weight excluding hydrogens is 168 g/mol. The highest BCUT2D eigenvalue weighted by Crippen LogP contribution is 2.11. The number of aliphatic carboxylic acids is 1. The number of aromatic nitrogens is 2. The molecule has 1 aromatic rings. The van der Waals surface area contributed by atoms with Crippen LogP contribution in [-0.2, 0) is 4.79 Å². The first-order valence-electron chi connectivity index (χ1n) is 4.05. The largest absolute Gasteiger partial charge is 0.481 e. The quantitative estimate of drug-likeness (QED) is 0.744. The van der Waals surface area contributed by atoms with Crippen LogP contribution in [0.15, 0.2) is 6.07 Å². The van der Waals surface area contributed by atoms with Crippen molar-refractivity contribution in [3.8, 4) is 0 Å². The lowest BCUT2D eigenvalue weighted by atomic mass is 10.1. The van der Waals surface area contributed by atoms with Gasteiger partial charge in [-0.25, -0.2) is 9.97 Å². The fourth-order valence-electron chi connectivity index (χ4n) is 1.06. The molecule has 1 unspecified atom stereocenters. The van der Waals surface area contributed by atoms with E-state index in [2.05, 4.69) is 9.97 Å². The second-order valence-corrected chi connectivity index (χ2v) is 3.07. The van der Waals surface area contributed by atoms with Crippen LogP contribution in [0.5, 0.6) is 0 Å². The van der Waals surface area contributed by atoms with Crippen LogP contribution in [0, 0.1) is 13.8 Å². The van der Waals surface area contributed by atoms with E-state index in [9.17, 15) is 4.79 Å². The third-order valence-electron chi connectivity index (χ3n) is 1.76. The van der Waals surface area contributed by atoms with Crippen LogP contribution >= 0.6 is 0 Å². The SMILES string of the molecule is Cc1cc(C)nc(C(C)C(=O)O)n1. The average Bonchev–Trinajstić information content (AvgIpc) is 2.01. The van der Waals surface area contributed by atoms with E-state index in [4.69, 9.17) is 5.11 Å². The van der Waals surface area contributed by atoms with E-state index in [1.807, 2.05) is 19.9 Å². The zero-order valence-electron chi connectivity index (χ0n) is 7.90. The molecule has 0 saturated carbocycles. The van der Waals surface area contributed by atoms with E-state index in [0.29, 0.717) is 5.82 Å². The van der Waals surface area contributed by atoms with Gasteiger partial charge in [0, 0.05) is 11.4 Å². The van der Waals surface area contributed by atoms with Crippen molar-refractivity contribution < 1.29 is 9.90 Å². The molecule has 0 saturated heterocycles. The Morgan fingerprint density at radius 3 is 2.23 bits per heavy atom. The Hall–Kier alpha value is -1.45. The molecule has 1 heterocycles. The van der Waals surface area contributed by atoms with Gasteiger partial charge in [-0.15, -0.1) is 0 Å². The highest BCUT2D eigenvalue weighted by molar-refractivity contribution is 5.74. The average molecular weight is 180 g/mol. The van der Waals surface area contributed by atoms with Crippen molar-refractivity contribution in [2.75, 3.05) is 0 Å². The zero-order valence-corrected chi connectivity index (χ0v) is 7.90. The summed E-state index contributed by atoms with van der Waals surface area (Å²) in [5.41, 5.74) is 1.60. The minimum Gasteiger partial charge on any atom is -0.481 e. The number of rotatable bonds is 2. The predicted molar refractivity (Wildman–Crippen MR) is 47.6 cm³/mol. The molecular formula is C9H12N2O2. The van der Waals surface area contributed by atoms with Crippen LogP contribution in [0.1, 0.15) is 30.1 Å². The fraction of sp³-hybridized carbons (Fsp3) is 0.444. The summed E-state index contributed by atoms with van der Waals surface area (Å²) in [5.74, 6) is -1.16. The zero-order chi connectivity index (χ0) is 10.0. The summed E-state index contributed by atoms with van der Waals surface area (Å²) in [6, 6.07) is 1.82. The first-order chi connectivity index (χ1) is 6.00. The molecule has 0 radical (unpaired) electrons. The van der Waals surface area contributed by atoms with Gasteiger partial charge in [0.15, 0.2) is 0 Å². The van der Waals surface area contributed by atoms with Crippen LogP contribution < -0.4 is 0 Å². The van der Waals surface area contributed by atoms with Gasteiger partial charge in [0.25, 0.3) is 0 Å². The molecule has 0 aromatic carbocycles. The van der Waals surface area contributed by atoms with Crippen LogP contribution in [0.4, 0.5) is 0 Å². The summed E-state index contributed by atoms with van der Waals surface area (Å²) in [7, 11) is 0. The highest BCUT2D eigenvalue weighted by atomic mass is 16.4. The highest BCUT2D eigenvalue weighted by Gasteiger charge is 2.16. The van der Waals surface area contributed by atoms with Crippen LogP contribution in [-0.4, -0.2) is 21.0 Å². The molecule has 0 aliphatic heterocycles. The molecule has 1 atom stereocenters. The van der Waals surface area contributed by atoms with E-state index in [1.165, 1.54) is 0 Å². The topological polar surface area (TPSA) is 63.1 Å². The lowest BCUT2D eigenvalue weighted by Crippen LogP contribution is -2.12. The first kappa shape index (κ1) is 9.64. The lowest BCUT2D eigenvalue weighted by molar-refractivity contribution is -0.138. The lowest BCUT2D eigenvalue weighted by Gasteiger charge is -2.06. The second-order valence-electron chi connectivity index (χ2n) is 3.07.